The normalized spacial score (nSPS) is 11.3. The zero-order chi connectivity index (χ0) is 14.8. The molecule has 0 radical (unpaired) electrons. The molecule has 20 heavy (non-hydrogen) atoms. The Hall–Kier alpha value is -0.830. The topological polar surface area (TPSA) is 72.2 Å². The predicted octanol–water partition coefficient (Wildman–Crippen LogP) is 3.20. The van der Waals surface area contributed by atoms with Crippen molar-refractivity contribution in [3.63, 3.8) is 0 Å². The van der Waals surface area contributed by atoms with Gasteiger partial charge in [0.1, 0.15) is 0 Å². The van der Waals surface area contributed by atoms with E-state index in [-0.39, 0.29) is 11.4 Å². The third-order valence-electron chi connectivity index (χ3n) is 2.67. The van der Waals surface area contributed by atoms with Crippen molar-refractivity contribution in [2.24, 2.45) is 5.73 Å². The third-order valence-corrected chi connectivity index (χ3v) is 5.34. The average Bonchev–Trinajstić information content (AvgIpc) is 2.41. The van der Waals surface area contributed by atoms with Gasteiger partial charge in [-0.25, -0.2) is 8.42 Å². The lowest BCUT2D eigenvalue weighted by Crippen LogP contribution is -2.14. The molecule has 0 saturated carbocycles. The Bertz CT molecular complexity index is 735. The van der Waals surface area contributed by atoms with E-state index in [1.807, 2.05) is 12.1 Å². The van der Waals surface area contributed by atoms with E-state index in [2.05, 4.69) is 27.3 Å². The van der Waals surface area contributed by atoms with Gasteiger partial charge < -0.3 is 5.73 Å². The van der Waals surface area contributed by atoms with Crippen molar-refractivity contribution < 1.29 is 8.42 Å². The van der Waals surface area contributed by atoms with Crippen LogP contribution in [-0.2, 0) is 16.6 Å². The van der Waals surface area contributed by atoms with Crippen LogP contribution in [-0.4, -0.2) is 8.42 Å². The van der Waals surface area contributed by atoms with Gasteiger partial charge in [0.15, 0.2) is 0 Å². The van der Waals surface area contributed by atoms with E-state index in [0.29, 0.717) is 16.3 Å². The van der Waals surface area contributed by atoms with Gasteiger partial charge in [-0.2, -0.15) is 0 Å². The number of para-hydroxylation sites is 1. The zero-order valence-corrected chi connectivity index (χ0v) is 14.0. The summed E-state index contributed by atoms with van der Waals surface area (Å²) in [6, 6.07) is 11.6. The molecule has 2 aromatic carbocycles. The monoisotopic (exact) mass is 422 g/mol. The molecule has 2 rings (SSSR count). The van der Waals surface area contributed by atoms with Gasteiger partial charge in [0.25, 0.3) is 10.0 Å². The second-order valence-corrected chi connectivity index (χ2v) is 7.29. The Labute approximate surface area is 136 Å². The second kappa shape index (κ2) is 6.30. The average molecular weight is 423 g/mol. The number of anilines is 1. The molecule has 4 nitrogen and oxygen atoms in total. The SMILES string of the molecule is NCc1cc(S(=O)(=O)Nc2ccccc2I)ccc1Cl. The first-order valence-electron chi connectivity index (χ1n) is 5.70. The second-order valence-electron chi connectivity index (χ2n) is 4.04. The number of benzene rings is 2. The van der Waals surface area contributed by atoms with Crippen molar-refractivity contribution in [1.82, 2.24) is 0 Å². The Kier molecular flexibility index (Phi) is 4.90. The van der Waals surface area contributed by atoms with E-state index in [1.54, 1.807) is 12.1 Å². The minimum atomic E-state index is -3.65. The first-order chi connectivity index (χ1) is 9.44. The largest absolute Gasteiger partial charge is 0.326 e. The summed E-state index contributed by atoms with van der Waals surface area (Å²) in [5, 5.41) is 0.459. The summed E-state index contributed by atoms with van der Waals surface area (Å²) >= 11 is 8.01. The summed E-state index contributed by atoms with van der Waals surface area (Å²) in [6.45, 7) is 0.186. The molecule has 7 heteroatoms. The van der Waals surface area contributed by atoms with Gasteiger partial charge in [-0.3, -0.25) is 4.72 Å². The van der Waals surface area contributed by atoms with Crippen molar-refractivity contribution in [1.29, 1.82) is 0 Å². The van der Waals surface area contributed by atoms with Crippen LogP contribution >= 0.6 is 34.2 Å². The molecule has 0 atom stereocenters. The van der Waals surface area contributed by atoms with E-state index in [9.17, 15) is 8.42 Å². The highest BCUT2D eigenvalue weighted by molar-refractivity contribution is 14.1. The molecule has 0 unspecified atom stereocenters. The summed E-state index contributed by atoms with van der Waals surface area (Å²) < 4.78 is 28.0. The summed E-state index contributed by atoms with van der Waals surface area (Å²) in [5.41, 5.74) is 6.67. The van der Waals surface area contributed by atoms with Crippen LogP contribution in [0.15, 0.2) is 47.4 Å². The first kappa shape index (κ1) is 15.6. The van der Waals surface area contributed by atoms with Crippen LogP contribution in [0.5, 0.6) is 0 Å². The van der Waals surface area contributed by atoms with E-state index in [4.69, 9.17) is 17.3 Å². The maximum Gasteiger partial charge on any atom is 0.261 e. The van der Waals surface area contributed by atoms with Crippen LogP contribution in [0.4, 0.5) is 5.69 Å². The third kappa shape index (κ3) is 3.43. The lowest BCUT2D eigenvalue weighted by Gasteiger charge is -2.11. The molecular weight excluding hydrogens is 411 g/mol. The van der Waals surface area contributed by atoms with Crippen LogP contribution in [0.1, 0.15) is 5.56 Å². The quantitative estimate of drug-likeness (QED) is 0.743. The van der Waals surface area contributed by atoms with Gasteiger partial charge >= 0.3 is 0 Å². The van der Waals surface area contributed by atoms with Crippen molar-refractivity contribution in [2.75, 3.05) is 4.72 Å². The minimum absolute atomic E-state index is 0.141. The fourth-order valence-electron chi connectivity index (χ4n) is 1.62. The molecule has 0 aliphatic heterocycles. The lowest BCUT2D eigenvalue weighted by atomic mass is 10.2. The van der Waals surface area contributed by atoms with Gasteiger partial charge in [-0.1, -0.05) is 23.7 Å². The number of nitrogens with two attached hydrogens (primary N) is 1. The van der Waals surface area contributed by atoms with Crippen LogP contribution in [0.2, 0.25) is 5.02 Å². The highest BCUT2D eigenvalue weighted by atomic mass is 127. The van der Waals surface area contributed by atoms with Crippen LogP contribution < -0.4 is 10.5 Å². The smallest absolute Gasteiger partial charge is 0.261 e. The fourth-order valence-corrected chi connectivity index (χ4v) is 3.65. The van der Waals surface area contributed by atoms with E-state index < -0.39 is 10.0 Å². The molecule has 3 N–H and O–H groups in total. The number of sulfonamides is 1. The van der Waals surface area contributed by atoms with Crippen molar-refractivity contribution in [2.45, 2.75) is 11.4 Å². The minimum Gasteiger partial charge on any atom is -0.326 e. The number of halogens is 2. The van der Waals surface area contributed by atoms with Crippen LogP contribution in [0, 0.1) is 3.57 Å². The van der Waals surface area contributed by atoms with Gasteiger partial charge in [0.05, 0.1) is 10.6 Å². The summed E-state index contributed by atoms with van der Waals surface area (Å²) in [6.07, 6.45) is 0. The molecule has 0 aliphatic rings. The maximum atomic E-state index is 12.3. The summed E-state index contributed by atoms with van der Waals surface area (Å²) in [5.74, 6) is 0. The van der Waals surface area contributed by atoms with E-state index in [0.717, 1.165) is 3.57 Å². The van der Waals surface area contributed by atoms with Crippen LogP contribution in [0.3, 0.4) is 0 Å². The number of hydrogen-bond acceptors (Lipinski definition) is 3. The highest BCUT2D eigenvalue weighted by Crippen LogP contribution is 2.24. The molecule has 0 heterocycles. The molecule has 0 bridgehead atoms. The summed E-state index contributed by atoms with van der Waals surface area (Å²) in [7, 11) is -3.65. The first-order valence-corrected chi connectivity index (χ1v) is 8.64. The molecule has 0 amide bonds. The zero-order valence-electron chi connectivity index (χ0n) is 10.3. The van der Waals surface area contributed by atoms with E-state index in [1.165, 1.54) is 18.2 Å². The van der Waals surface area contributed by atoms with Gasteiger partial charge in [-0.15, -0.1) is 0 Å². The summed E-state index contributed by atoms with van der Waals surface area (Å²) in [4.78, 5) is 0.141. The molecule has 0 saturated heterocycles. The van der Waals surface area contributed by atoms with Crippen LogP contribution in [0.25, 0.3) is 0 Å². The Morgan fingerprint density at radius 3 is 2.55 bits per heavy atom. The Morgan fingerprint density at radius 1 is 1.20 bits per heavy atom. The molecular formula is C13H12ClIN2O2S. The standard InChI is InChI=1S/C13H12ClIN2O2S/c14-11-6-5-10(7-9(11)8-16)20(18,19)17-13-4-2-1-3-12(13)15/h1-7,17H,8,16H2. The van der Waals surface area contributed by atoms with Gasteiger partial charge in [-0.05, 0) is 58.5 Å². The predicted molar refractivity (Wildman–Crippen MR) is 89.3 cm³/mol. The maximum absolute atomic E-state index is 12.3. The Balaban J connectivity index is 2.38. The lowest BCUT2D eigenvalue weighted by molar-refractivity contribution is 0.601. The number of nitrogens with one attached hydrogen (secondary N) is 1. The molecule has 0 fully saturated rings. The molecule has 0 aromatic heterocycles. The molecule has 0 aliphatic carbocycles. The van der Waals surface area contributed by atoms with Gasteiger partial charge in [0.2, 0.25) is 0 Å². The van der Waals surface area contributed by atoms with E-state index >= 15 is 0 Å². The molecule has 0 spiro atoms. The number of hydrogen-bond donors (Lipinski definition) is 2. The molecule has 2 aromatic rings. The molecule has 106 valence electrons. The van der Waals surface area contributed by atoms with Crippen molar-refractivity contribution in [3.8, 4) is 0 Å². The fraction of sp³-hybridized carbons (Fsp3) is 0.0769. The Morgan fingerprint density at radius 2 is 1.90 bits per heavy atom. The van der Waals surface area contributed by atoms with Crippen molar-refractivity contribution in [3.05, 3.63) is 56.6 Å². The van der Waals surface area contributed by atoms with Crippen molar-refractivity contribution >= 4 is 49.9 Å². The highest BCUT2D eigenvalue weighted by Gasteiger charge is 2.16. The van der Waals surface area contributed by atoms with Gasteiger partial charge in [0, 0.05) is 15.1 Å². The number of rotatable bonds is 4.